The van der Waals surface area contributed by atoms with Crippen LogP contribution in [0.15, 0.2) is 77.0 Å². The molecule has 6 nitrogen and oxygen atoms in total. The normalized spacial score (nSPS) is 11.7. The van der Waals surface area contributed by atoms with Crippen LogP contribution in [-0.4, -0.2) is 19.3 Å². The Labute approximate surface area is 185 Å². The third-order valence-corrected chi connectivity index (χ3v) is 7.05. The minimum atomic E-state index is -3.91. The van der Waals surface area contributed by atoms with Gasteiger partial charge in [-0.05, 0) is 47.2 Å². The Morgan fingerprint density at radius 2 is 1.74 bits per heavy atom. The van der Waals surface area contributed by atoms with Crippen LogP contribution in [0.25, 0.3) is 21.5 Å². The fourth-order valence-electron chi connectivity index (χ4n) is 3.19. The highest BCUT2D eigenvalue weighted by Crippen LogP contribution is 2.27. The number of carbonyl (C=O) groups is 1. The summed E-state index contributed by atoms with van der Waals surface area (Å²) in [5.41, 5.74) is 5.03. The molecule has 31 heavy (non-hydrogen) atoms. The number of nitrogens with zero attached hydrogens (tertiary/aromatic N) is 1. The molecule has 1 amide bonds. The number of rotatable bonds is 6. The minimum Gasteiger partial charge on any atom is -0.273 e. The Balaban J connectivity index is 1.61. The second-order valence-electron chi connectivity index (χ2n) is 7.33. The van der Waals surface area contributed by atoms with Crippen LogP contribution in [-0.2, 0) is 10.0 Å². The number of benzene rings is 2. The summed E-state index contributed by atoms with van der Waals surface area (Å²) in [6.45, 7) is 4.07. The molecule has 0 bridgehead atoms. The molecule has 0 atom stereocenters. The second kappa shape index (κ2) is 8.58. The third-order valence-electron chi connectivity index (χ3n) is 4.89. The van der Waals surface area contributed by atoms with E-state index in [9.17, 15) is 13.2 Å². The van der Waals surface area contributed by atoms with Gasteiger partial charge in [0.2, 0.25) is 0 Å². The number of nitrogens with one attached hydrogen (secondary N) is 2. The quantitative estimate of drug-likeness (QED) is 0.416. The lowest BCUT2D eigenvalue weighted by Gasteiger charge is -2.12. The maximum atomic E-state index is 12.9. The van der Waals surface area contributed by atoms with E-state index in [0.717, 1.165) is 10.4 Å². The highest BCUT2D eigenvalue weighted by molar-refractivity contribution is 7.89. The number of hydrogen-bond acceptors (Lipinski definition) is 5. The molecule has 2 aromatic heterocycles. The van der Waals surface area contributed by atoms with E-state index in [2.05, 4.69) is 15.2 Å². The van der Waals surface area contributed by atoms with Crippen LogP contribution in [0.1, 0.15) is 35.7 Å². The van der Waals surface area contributed by atoms with Crippen LogP contribution in [0.3, 0.4) is 0 Å². The van der Waals surface area contributed by atoms with Crippen LogP contribution >= 0.6 is 11.3 Å². The monoisotopic (exact) mass is 451 g/mol. The first-order valence-electron chi connectivity index (χ1n) is 9.71. The van der Waals surface area contributed by atoms with Crippen LogP contribution in [0.4, 0.5) is 0 Å². The summed E-state index contributed by atoms with van der Waals surface area (Å²) in [4.78, 5) is 20.8. The fourth-order valence-corrected chi connectivity index (χ4v) is 4.71. The van der Waals surface area contributed by atoms with E-state index in [1.807, 2.05) is 49.6 Å². The number of thiophene rings is 1. The SMILES string of the molecule is CC(C)c1ccc(S(=O)(=O)NNC(=O)c2cc(-c3cccs3)nc3ccccc23)cc1. The third kappa shape index (κ3) is 4.51. The van der Waals surface area contributed by atoms with E-state index in [1.54, 1.807) is 24.3 Å². The van der Waals surface area contributed by atoms with Crippen molar-refractivity contribution in [2.24, 2.45) is 0 Å². The lowest BCUT2D eigenvalue weighted by atomic mass is 10.0. The summed E-state index contributed by atoms with van der Waals surface area (Å²) in [6, 6.07) is 19.4. The predicted molar refractivity (Wildman–Crippen MR) is 123 cm³/mol. The number of hydrogen-bond donors (Lipinski definition) is 2. The van der Waals surface area contributed by atoms with Crippen molar-refractivity contribution in [3.8, 4) is 10.6 Å². The first-order valence-corrected chi connectivity index (χ1v) is 12.1. The van der Waals surface area contributed by atoms with E-state index >= 15 is 0 Å². The van der Waals surface area contributed by atoms with Gasteiger partial charge < -0.3 is 0 Å². The van der Waals surface area contributed by atoms with Gasteiger partial charge in [0.15, 0.2) is 0 Å². The Kier molecular flexibility index (Phi) is 5.86. The van der Waals surface area contributed by atoms with Crippen LogP contribution < -0.4 is 10.3 Å². The number of aromatic nitrogens is 1. The first kappa shape index (κ1) is 21.2. The molecule has 2 N–H and O–H groups in total. The number of hydrazine groups is 1. The molecule has 8 heteroatoms. The molecule has 0 saturated carbocycles. The van der Waals surface area contributed by atoms with Gasteiger partial charge >= 0.3 is 0 Å². The van der Waals surface area contributed by atoms with Gasteiger partial charge in [-0.25, -0.2) is 13.4 Å². The zero-order valence-corrected chi connectivity index (χ0v) is 18.6. The van der Waals surface area contributed by atoms with Gasteiger partial charge in [-0.1, -0.05) is 50.2 Å². The van der Waals surface area contributed by atoms with Crippen LogP contribution in [0, 0.1) is 0 Å². The van der Waals surface area contributed by atoms with Crippen molar-refractivity contribution in [1.82, 2.24) is 15.2 Å². The number of para-hydroxylation sites is 1. The summed E-state index contributed by atoms with van der Waals surface area (Å²) < 4.78 is 25.3. The van der Waals surface area contributed by atoms with E-state index < -0.39 is 15.9 Å². The molecular formula is C23H21N3O3S2. The van der Waals surface area contributed by atoms with Gasteiger partial charge in [-0.3, -0.25) is 10.2 Å². The number of fused-ring (bicyclic) bond motifs is 1. The molecule has 0 aliphatic carbocycles. The van der Waals surface area contributed by atoms with Crippen molar-refractivity contribution in [3.05, 3.63) is 83.2 Å². The molecule has 0 spiro atoms. The minimum absolute atomic E-state index is 0.0797. The molecule has 0 fully saturated rings. The smallest absolute Gasteiger partial charge is 0.267 e. The fraction of sp³-hybridized carbons (Fsp3) is 0.130. The Morgan fingerprint density at radius 3 is 2.42 bits per heavy atom. The lowest BCUT2D eigenvalue weighted by molar-refractivity contribution is 0.0946. The Bertz CT molecular complexity index is 1330. The van der Waals surface area contributed by atoms with Crippen molar-refractivity contribution in [3.63, 3.8) is 0 Å². The van der Waals surface area contributed by atoms with Gasteiger partial charge in [0.25, 0.3) is 15.9 Å². The number of pyridine rings is 1. The van der Waals surface area contributed by atoms with Crippen molar-refractivity contribution in [2.75, 3.05) is 0 Å². The summed E-state index contributed by atoms with van der Waals surface area (Å²) in [5.74, 6) is -0.263. The maximum absolute atomic E-state index is 12.9. The summed E-state index contributed by atoms with van der Waals surface area (Å²) in [5, 5.41) is 2.57. The van der Waals surface area contributed by atoms with Crippen molar-refractivity contribution in [1.29, 1.82) is 0 Å². The largest absolute Gasteiger partial charge is 0.273 e. The second-order valence-corrected chi connectivity index (χ2v) is 9.96. The maximum Gasteiger partial charge on any atom is 0.267 e. The molecule has 0 aliphatic rings. The van der Waals surface area contributed by atoms with Crippen molar-refractivity contribution < 1.29 is 13.2 Å². The lowest BCUT2D eigenvalue weighted by Crippen LogP contribution is -2.41. The Hall–Kier alpha value is -3.07. The van der Waals surface area contributed by atoms with Gasteiger partial charge in [-0.2, -0.15) is 0 Å². The Morgan fingerprint density at radius 1 is 1.00 bits per heavy atom. The average Bonchev–Trinajstić information content (AvgIpc) is 3.32. The molecule has 0 radical (unpaired) electrons. The molecule has 0 unspecified atom stereocenters. The topological polar surface area (TPSA) is 88.2 Å². The number of sulfonamides is 1. The predicted octanol–water partition coefficient (Wildman–Crippen LogP) is 4.71. The van der Waals surface area contributed by atoms with Crippen LogP contribution in [0.5, 0.6) is 0 Å². The van der Waals surface area contributed by atoms with E-state index in [4.69, 9.17) is 0 Å². The molecule has 4 rings (SSSR count). The summed E-state index contributed by atoms with van der Waals surface area (Å²) >= 11 is 1.52. The van der Waals surface area contributed by atoms with Gasteiger partial charge in [0.1, 0.15) is 0 Å². The average molecular weight is 452 g/mol. The van der Waals surface area contributed by atoms with E-state index in [-0.39, 0.29) is 4.90 Å². The zero-order chi connectivity index (χ0) is 22.0. The van der Waals surface area contributed by atoms with Gasteiger partial charge in [-0.15, -0.1) is 16.2 Å². The molecule has 0 aliphatic heterocycles. The van der Waals surface area contributed by atoms with Crippen molar-refractivity contribution in [2.45, 2.75) is 24.7 Å². The zero-order valence-electron chi connectivity index (χ0n) is 17.0. The van der Waals surface area contributed by atoms with Crippen molar-refractivity contribution >= 4 is 38.2 Å². The highest BCUT2D eigenvalue weighted by Gasteiger charge is 2.18. The standard InChI is InChI=1S/C23H21N3O3S2/c1-15(2)16-9-11-17(12-10-16)31(28,29)26-25-23(27)19-14-21(22-8-5-13-30-22)24-20-7-4-3-6-18(19)20/h3-15,26H,1-2H3,(H,25,27). The molecular weight excluding hydrogens is 430 g/mol. The van der Waals surface area contributed by atoms with E-state index in [0.29, 0.717) is 28.1 Å². The molecule has 158 valence electrons. The van der Waals surface area contributed by atoms with Gasteiger partial charge in [0.05, 0.1) is 26.5 Å². The molecule has 2 aromatic carbocycles. The summed E-state index contributed by atoms with van der Waals surface area (Å²) in [7, 11) is -3.91. The molecule has 4 aromatic rings. The van der Waals surface area contributed by atoms with E-state index in [1.165, 1.54) is 23.5 Å². The molecule has 0 saturated heterocycles. The highest BCUT2D eigenvalue weighted by atomic mass is 32.2. The number of carbonyl (C=O) groups excluding carboxylic acids is 1. The molecule has 2 heterocycles. The van der Waals surface area contributed by atoms with Gasteiger partial charge in [0, 0.05) is 5.39 Å². The first-order chi connectivity index (χ1) is 14.8. The number of amides is 1. The van der Waals surface area contributed by atoms with Crippen LogP contribution in [0.2, 0.25) is 0 Å². The summed E-state index contributed by atoms with van der Waals surface area (Å²) in [6.07, 6.45) is 0.